The summed E-state index contributed by atoms with van der Waals surface area (Å²) in [5, 5.41) is 8.86. The fourth-order valence-corrected chi connectivity index (χ4v) is 4.15. The maximum Gasteiger partial charge on any atom is 0.416 e. The molecule has 1 atom stereocenters. The maximum atomic E-state index is 13.0. The van der Waals surface area contributed by atoms with Crippen LogP contribution >= 0.6 is 0 Å². The molecule has 0 bridgehead atoms. The Kier molecular flexibility index (Phi) is 7.99. The molecule has 8 nitrogen and oxygen atoms in total. The topological polar surface area (TPSA) is 95.1 Å². The lowest BCUT2D eigenvalue weighted by atomic mass is 10.1. The predicted molar refractivity (Wildman–Crippen MR) is 132 cm³/mol. The molecule has 3 aromatic rings. The van der Waals surface area contributed by atoms with E-state index < -0.39 is 17.6 Å². The summed E-state index contributed by atoms with van der Waals surface area (Å²) in [5.41, 5.74) is 0.0941. The lowest BCUT2D eigenvalue weighted by Crippen LogP contribution is -2.27. The number of anilines is 3. The quantitative estimate of drug-likeness (QED) is 0.395. The first-order valence-corrected chi connectivity index (χ1v) is 11.7. The summed E-state index contributed by atoms with van der Waals surface area (Å²) in [5.74, 6) is 0.240. The van der Waals surface area contributed by atoms with Gasteiger partial charge in [-0.15, -0.1) is 0 Å². The molecule has 0 spiro atoms. The molecule has 0 radical (unpaired) electrons. The average molecular weight is 500 g/mol. The highest BCUT2D eigenvalue weighted by Crippen LogP contribution is 2.31. The van der Waals surface area contributed by atoms with Gasteiger partial charge in [-0.25, -0.2) is 15.0 Å². The summed E-state index contributed by atoms with van der Waals surface area (Å²) < 4.78 is 39.0. The summed E-state index contributed by atoms with van der Waals surface area (Å²) in [6.45, 7) is 2.19. The van der Waals surface area contributed by atoms with Crippen molar-refractivity contribution in [2.75, 3.05) is 36.1 Å². The van der Waals surface area contributed by atoms with Crippen LogP contribution in [0.2, 0.25) is 0 Å². The molecule has 1 saturated heterocycles. The highest BCUT2D eigenvalue weighted by atomic mass is 19.4. The minimum absolute atomic E-state index is 0.0416. The van der Waals surface area contributed by atoms with E-state index in [0.29, 0.717) is 23.5 Å². The summed E-state index contributed by atoms with van der Waals surface area (Å²) in [7, 11) is 2.15. The van der Waals surface area contributed by atoms with Gasteiger partial charge in [-0.3, -0.25) is 4.79 Å². The third kappa shape index (κ3) is 6.69. The van der Waals surface area contributed by atoms with Gasteiger partial charge in [-0.05, 0) is 69.3 Å². The Balaban J connectivity index is 1.36. The number of benzene rings is 1. The number of hydrogen-bond donors (Lipinski definition) is 3. The lowest BCUT2D eigenvalue weighted by Gasteiger charge is -2.19. The van der Waals surface area contributed by atoms with Crippen LogP contribution in [0, 0.1) is 0 Å². The van der Waals surface area contributed by atoms with Crippen LogP contribution in [0.1, 0.15) is 40.9 Å². The molecule has 3 heterocycles. The van der Waals surface area contributed by atoms with Gasteiger partial charge in [0.2, 0.25) is 5.95 Å². The van der Waals surface area contributed by atoms with Gasteiger partial charge in [0, 0.05) is 30.7 Å². The molecule has 3 N–H and O–H groups in total. The van der Waals surface area contributed by atoms with Crippen molar-refractivity contribution < 1.29 is 18.0 Å². The van der Waals surface area contributed by atoms with Crippen LogP contribution in [-0.4, -0.2) is 51.9 Å². The lowest BCUT2D eigenvalue weighted by molar-refractivity contribution is -0.137. The third-order valence-corrected chi connectivity index (χ3v) is 6.08. The van der Waals surface area contributed by atoms with Crippen molar-refractivity contribution in [2.45, 2.75) is 38.0 Å². The minimum Gasteiger partial charge on any atom is -0.364 e. The monoisotopic (exact) mass is 499 g/mol. The first-order chi connectivity index (χ1) is 17.3. The van der Waals surface area contributed by atoms with E-state index in [9.17, 15) is 18.0 Å². The zero-order valence-electron chi connectivity index (χ0n) is 19.8. The second-order valence-electron chi connectivity index (χ2n) is 8.65. The Morgan fingerprint density at radius 1 is 1.11 bits per heavy atom. The van der Waals surface area contributed by atoms with E-state index in [1.807, 2.05) is 0 Å². The average Bonchev–Trinajstić information content (AvgIpc) is 3.27. The van der Waals surface area contributed by atoms with Gasteiger partial charge >= 0.3 is 6.18 Å². The molecule has 1 aromatic carbocycles. The number of carbonyl (C=O) groups is 1. The summed E-state index contributed by atoms with van der Waals surface area (Å²) >= 11 is 0. The first kappa shape index (κ1) is 25.4. The molecule has 4 rings (SSSR count). The highest BCUT2D eigenvalue weighted by Gasteiger charge is 2.30. The van der Waals surface area contributed by atoms with Crippen molar-refractivity contribution in [1.82, 2.24) is 19.9 Å². The number of carbonyl (C=O) groups excluding carboxylic acids is 1. The second-order valence-corrected chi connectivity index (χ2v) is 8.65. The molecule has 1 aliphatic rings. The van der Waals surface area contributed by atoms with Crippen molar-refractivity contribution in [3.05, 3.63) is 71.7 Å². The Hall–Kier alpha value is -3.73. The summed E-state index contributed by atoms with van der Waals surface area (Å²) in [6, 6.07) is 9.95. The SMILES string of the molecule is CN1CCC[C@H]1CCNc1nccc(CNc2ncccc2C(=O)Nc2cccc(C(F)(F)F)c2)n1. The fraction of sp³-hybridized carbons (Fsp3) is 0.360. The first-order valence-electron chi connectivity index (χ1n) is 11.7. The normalized spacial score (nSPS) is 16.1. The molecule has 11 heteroatoms. The van der Waals surface area contributed by atoms with E-state index in [4.69, 9.17) is 0 Å². The molecule has 2 aromatic heterocycles. The molecule has 0 unspecified atom stereocenters. The van der Waals surface area contributed by atoms with E-state index in [2.05, 4.69) is 42.8 Å². The minimum atomic E-state index is -4.50. The Morgan fingerprint density at radius 2 is 1.97 bits per heavy atom. The molecule has 1 aliphatic heterocycles. The van der Waals surface area contributed by atoms with E-state index in [0.717, 1.165) is 31.6 Å². The number of aromatic nitrogens is 3. The molecule has 190 valence electrons. The number of nitrogens with one attached hydrogen (secondary N) is 3. The Morgan fingerprint density at radius 3 is 2.75 bits per heavy atom. The van der Waals surface area contributed by atoms with E-state index >= 15 is 0 Å². The van der Waals surface area contributed by atoms with Crippen molar-refractivity contribution in [3.8, 4) is 0 Å². The van der Waals surface area contributed by atoms with Gasteiger partial charge in [0.15, 0.2) is 0 Å². The van der Waals surface area contributed by atoms with Gasteiger partial charge in [0.05, 0.1) is 23.4 Å². The zero-order valence-corrected chi connectivity index (χ0v) is 19.8. The van der Waals surface area contributed by atoms with Gasteiger partial charge in [-0.2, -0.15) is 13.2 Å². The van der Waals surface area contributed by atoms with Gasteiger partial charge < -0.3 is 20.9 Å². The van der Waals surface area contributed by atoms with Crippen LogP contribution in [0.4, 0.5) is 30.6 Å². The van der Waals surface area contributed by atoms with Crippen molar-refractivity contribution >= 4 is 23.4 Å². The molecule has 1 fully saturated rings. The second kappa shape index (κ2) is 11.3. The maximum absolute atomic E-state index is 13.0. The van der Waals surface area contributed by atoms with Gasteiger partial charge in [-0.1, -0.05) is 6.07 Å². The number of hydrogen-bond acceptors (Lipinski definition) is 7. The molecule has 0 saturated carbocycles. The Bertz CT molecular complexity index is 1190. The molecular weight excluding hydrogens is 471 g/mol. The largest absolute Gasteiger partial charge is 0.416 e. The van der Waals surface area contributed by atoms with Gasteiger partial charge in [0.25, 0.3) is 5.91 Å². The zero-order chi connectivity index (χ0) is 25.5. The molecular formula is C25H28F3N7O. The fourth-order valence-electron chi connectivity index (χ4n) is 4.15. The summed E-state index contributed by atoms with van der Waals surface area (Å²) in [6.07, 6.45) is 2.13. The number of pyridine rings is 1. The third-order valence-electron chi connectivity index (χ3n) is 6.08. The van der Waals surface area contributed by atoms with Crippen LogP contribution in [0.3, 0.4) is 0 Å². The highest BCUT2D eigenvalue weighted by molar-refractivity contribution is 6.07. The number of likely N-dealkylation sites (tertiary alicyclic amines) is 1. The van der Waals surface area contributed by atoms with E-state index in [1.165, 1.54) is 31.2 Å². The number of halogens is 3. The van der Waals surface area contributed by atoms with Crippen LogP contribution in [-0.2, 0) is 12.7 Å². The standard InChI is InChI=1S/C25H28F3N7O/c1-35-14-4-7-20(35)10-13-31-24-30-12-9-19(34-24)16-32-22-21(8-3-11-29-22)23(36)33-18-6-2-5-17(15-18)25(26,27)28/h2-3,5-6,8-9,11-12,15,20H,4,7,10,13-14,16H2,1H3,(H,29,32)(H,33,36)(H,30,31,34)/t20-/m0/s1. The number of nitrogens with zero attached hydrogens (tertiary/aromatic N) is 4. The van der Waals surface area contributed by atoms with Crippen molar-refractivity contribution in [2.24, 2.45) is 0 Å². The smallest absolute Gasteiger partial charge is 0.364 e. The van der Waals surface area contributed by atoms with E-state index in [-0.39, 0.29) is 17.8 Å². The van der Waals surface area contributed by atoms with E-state index in [1.54, 1.807) is 24.4 Å². The van der Waals surface area contributed by atoms with Gasteiger partial charge in [0.1, 0.15) is 5.82 Å². The molecule has 36 heavy (non-hydrogen) atoms. The molecule has 0 aliphatic carbocycles. The van der Waals surface area contributed by atoms with Crippen molar-refractivity contribution in [3.63, 3.8) is 0 Å². The summed E-state index contributed by atoms with van der Waals surface area (Å²) in [4.78, 5) is 28.2. The molecule has 1 amide bonds. The van der Waals surface area contributed by atoms with Crippen LogP contribution in [0.25, 0.3) is 0 Å². The predicted octanol–water partition coefficient (Wildman–Crippen LogP) is 4.65. The van der Waals surface area contributed by atoms with Crippen LogP contribution in [0.5, 0.6) is 0 Å². The van der Waals surface area contributed by atoms with Crippen LogP contribution in [0.15, 0.2) is 54.9 Å². The number of amides is 1. The number of alkyl halides is 3. The van der Waals surface area contributed by atoms with Crippen LogP contribution < -0.4 is 16.0 Å². The van der Waals surface area contributed by atoms with Crippen molar-refractivity contribution in [1.29, 1.82) is 0 Å². The Labute approximate surface area is 207 Å². The number of rotatable bonds is 9.